The highest BCUT2D eigenvalue weighted by Crippen LogP contribution is 2.35. The summed E-state index contributed by atoms with van der Waals surface area (Å²) in [7, 11) is 0. The number of nitrogens with zero attached hydrogens (tertiary/aromatic N) is 2. The molecular weight excluding hydrogens is 400 g/mol. The molecule has 0 spiro atoms. The summed E-state index contributed by atoms with van der Waals surface area (Å²) >= 11 is 0. The number of hydrogen-bond donors (Lipinski definition) is 0. The average molecular weight is 422 g/mol. The molecule has 0 N–H and O–H groups in total. The van der Waals surface area contributed by atoms with Crippen molar-refractivity contribution in [2.75, 3.05) is 0 Å². The van der Waals surface area contributed by atoms with Crippen LogP contribution < -0.4 is 0 Å². The largest absolute Gasteiger partial charge is 0.534 e. The standard InChI is InChI=1S/C19H22N2O9/c1-19(17(26)29-20-13(22)5-6-14(20)23)10-3-2-4-12(9-11-19)28-18(27)30-21-15(24)7-8-16(21)25/h2,4,12H,3,5-11H2,1H3/t12-,19+/m1/s1. The van der Waals surface area contributed by atoms with Crippen molar-refractivity contribution in [3.05, 3.63) is 12.2 Å². The summed E-state index contributed by atoms with van der Waals surface area (Å²) in [6.07, 6.45) is 2.69. The zero-order valence-electron chi connectivity index (χ0n) is 16.5. The first-order valence-electron chi connectivity index (χ1n) is 9.69. The fraction of sp³-hybridized carbons (Fsp3) is 0.579. The first-order valence-corrected chi connectivity index (χ1v) is 9.69. The number of hydroxylamine groups is 4. The molecule has 3 rings (SSSR count). The number of carbonyl (C=O) groups excluding carboxylic acids is 6. The molecule has 11 nitrogen and oxygen atoms in total. The van der Waals surface area contributed by atoms with Crippen molar-refractivity contribution in [2.45, 2.75) is 64.4 Å². The van der Waals surface area contributed by atoms with E-state index in [1.54, 1.807) is 19.1 Å². The van der Waals surface area contributed by atoms with Gasteiger partial charge in [0.1, 0.15) is 6.10 Å². The van der Waals surface area contributed by atoms with Crippen molar-refractivity contribution in [3.63, 3.8) is 0 Å². The van der Waals surface area contributed by atoms with Crippen molar-refractivity contribution in [2.24, 2.45) is 5.41 Å². The second-order valence-corrected chi connectivity index (χ2v) is 7.61. The maximum Gasteiger partial charge on any atom is 0.534 e. The van der Waals surface area contributed by atoms with Gasteiger partial charge in [-0.05, 0) is 38.7 Å². The number of allylic oxidation sites excluding steroid dienone is 1. The van der Waals surface area contributed by atoms with Crippen LogP contribution in [0.5, 0.6) is 0 Å². The second kappa shape index (κ2) is 8.64. The zero-order valence-corrected chi connectivity index (χ0v) is 16.5. The van der Waals surface area contributed by atoms with Gasteiger partial charge in [0.2, 0.25) is 0 Å². The van der Waals surface area contributed by atoms with Gasteiger partial charge in [0.05, 0.1) is 5.41 Å². The van der Waals surface area contributed by atoms with Gasteiger partial charge < -0.3 is 9.57 Å². The Morgan fingerprint density at radius 2 is 1.43 bits per heavy atom. The van der Waals surface area contributed by atoms with Crippen molar-refractivity contribution in [1.29, 1.82) is 0 Å². The molecule has 0 saturated carbocycles. The Morgan fingerprint density at radius 1 is 0.900 bits per heavy atom. The van der Waals surface area contributed by atoms with E-state index in [9.17, 15) is 28.8 Å². The van der Waals surface area contributed by atoms with Gasteiger partial charge in [-0.25, -0.2) is 9.59 Å². The third-order valence-corrected chi connectivity index (χ3v) is 5.29. The number of hydrogen-bond acceptors (Lipinski definition) is 9. The molecule has 0 radical (unpaired) electrons. The Morgan fingerprint density at radius 3 is 2.00 bits per heavy atom. The molecule has 0 unspecified atom stereocenters. The van der Waals surface area contributed by atoms with E-state index in [0.717, 1.165) is 0 Å². The van der Waals surface area contributed by atoms with E-state index in [0.29, 0.717) is 23.0 Å². The van der Waals surface area contributed by atoms with Crippen LogP contribution in [-0.4, -0.2) is 52.0 Å². The molecule has 2 atom stereocenters. The van der Waals surface area contributed by atoms with Gasteiger partial charge in [0, 0.05) is 25.7 Å². The Hall–Kier alpha value is -3.24. The van der Waals surface area contributed by atoms with Gasteiger partial charge >= 0.3 is 12.1 Å². The summed E-state index contributed by atoms with van der Waals surface area (Å²) in [5.41, 5.74) is -1.01. The first-order chi connectivity index (χ1) is 14.2. The molecule has 162 valence electrons. The summed E-state index contributed by atoms with van der Waals surface area (Å²) < 4.78 is 5.16. The summed E-state index contributed by atoms with van der Waals surface area (Å²) in [4.78, 5) is 80.8. The van der Waals surface area contributed by atoms with Crippen LogP contribution in [0.15, 0.2) is 12.2 Å². The predicted molar refractivity (Wildman–Crippen MR) is 95.3 cm³/mol. The quantitative estimate of drug-likeness (QED) is 0.373. The summed E-state index contributed by atoms with van der Waals surface area (Å²) in [5.74, 6) is -3.07. The van der Waals surface area contributed by atoms with Gasteiger partial charge in [-0.1, -0.05) is 11.1 Å². The molecule has 2 saturated heterocycles. The SMILES string of the molecule is C[C@]1(C(=O)ON2C(=O)CCC2=O)CCC=C[C@@H](OC(=O)ON2C(=O)CCC2=O)CC1. The van der Waals surface area contributed by atoms with Gasteiger partial charge in [0.15, 0.2) is 0 Å². The van der Waals surface area contributed by atoms with Crippen LogP contribution in [0.2, 0.25) is 0 Å². The van der Waals surface area contributed by atoms with Gasteiger partial charge in [-0.2, -0.15) is 0 Å². The Kier molecular flexibility index (Phi) is 6.18. The highest BCUT2D eigenvalue weighted by molar-refractivity contribution is 6.02. The second-order valence-electron chi connectivity index (χ2n) is 7.61. The molecular formula is C19H22N2O9. The molecule has 1 aliphatic carbocycles. The highest BCUT2D eigenvalue weighted by atomic mass is 16.8. The average Bonchev–Trinajstić information content (AvgIpc) is 3.17. The maximum absolute atomic E-state index is 12.7. The van der Waals surface area contributed by atoms with Crippen molar-refractivity contribution in [1.82, 2.24) is 10.1 Å². The molecule has 3 aliphatic rings. The fourth-order valence-electron chi connectivity index (χ4n) is 3.36. The van der Waals surface area contributed by atoms with Crippen LogP contribution in [-0.2, 0) is 38.4 Å². The summed E-state index contributed by atoms with van der Waals surface area (Å²) in [6.45, 7) is 1.65. The molecule has 4 amide bonds. The van der Waals surface area contributed by atoms with E-state index in [1.807, 2.05) is 0 Å². The molecule has 0 aromatic carbocycles. The Labute approximate surface area is 171 Å². The monoisotopic (exact) mass is 422 g/mol. The summed E-state index contributed by atoms with van der Waals surface area (Å²) in [6, 6.07) is 0. The molecule has 11 heteroatoms. The lowest BCUT2D eigenvalue weighted by Gasteiger charge is -2.30. The minimum atomic E-state index is -1.20. The summed E-state index contributed by atoms with van der Waals surface area (Å²) in [5, 5.41) is 0.901. The highest BCUT2D eigenvalue weighted by Gasteiger charge is 2.41. The van der Waals surface area contributed by atoms with E-state index < -0.39 is 47.3 Å². The Balaban J connectivity index is 1.57. The topological polar surface area (TPSA) is 137 Å². The molecule has 30 heavy (non-hydrogen) atoms. The van der Waals surface area contributed by atoms with Crippen molar-refractivity contribution < 1.29 is 43.2 Å². The lowest BCUT2D eigenvalue weighted by atomic mass is 9.79. The fourth-order valence-corrected chi connectivity index (χ4v) is 3.36. The van der Waals surface area contributed by atoms with Crippen molar-refractivity contribution >= 4 is 35.8 Å². The van der Waals surface area contributed by atoms with Crippen LogP contribution in [0.25, 0.3) is 0 Å². The molecule has 0 aromatic rings. The van der Waals surface area contributed by atoms with E-state index in [2.05, 4.69) is 4.84 Å². The van der Waals surface area contributed by atoms with E-state index in [4.69, 9.17) is 9.57 Å². The normalized spacial score (nSPS) is 27.2. The van der Waals surface area contributed by atoms with Gasteiger partial charge in [0.25, 0.3) is 23.6 Å². The third-order valence-electron chi connectivity index (χ3n) is 5.29. The molecule has 0 aromatic heterocycles. The lowest BCUT2D eigenvalue weighted by Crippen LogP contribution is -2.40. The number of carbonyl (C=O) groups is 6. The molecule has 2 aliphatic heterocycles. The van der Waals surface area contributed by atoms with Gasteiger partial charge in [-0.3, -0.25) is 24.0 Å². The molecule has 2 heterocycles. The third kappa shape index (κ3) is 4.66. The van der Waals surface area contributed by atoms with E-state index in [-0.39, 0.29) is 38.5 Å². The number of imide groups is 2. The van der Waals surface area contributed by atoms with E-state index >= 15 is 0 Å². The van der Waals surface area contributed by atoms with Crippen LogP contribution >= 0.6 is 0 Å². The lowest BCUT2D eigenvalue weighted by molar-refractivity contribution is -0.205. The zero-order chi connectivity index (χ0) is 21.9. The van der Waals surface area contributed by atoms with Crippen LogP contribution in [0, 0.1) is 5.41 Å². The predicted octanol–water partition coefficient (Wildman–Crippen LogP) is 1.32. The first kappa shape index (κ1) is 21.5. The minimum Gasteiger partial charge on any atom is -0.425 e. The smallest absolute Gasteiger partial charge is 0.425 e. The van der Waals surface area contributed by atoms with Crippen LogP contribution in [0.1, 0.15) is 58.3 Å². The van der Waals surface area contributed by atoms with Gasteiger partial charge in [-0.15, -0.1) is 5.06 Å². The van der Waals surface area contributed by atoms with E-state index in [1.165, 1.54) is 0 Å². The van der Waals surface area contributed by atoms with Crippen LogP contribution in [0.4, 0.5) is 4.79 Å². The molecule has 0 bridgehead atoms. The van der Waals surface area contributed by atoms with Crippen LogP contribution in [0.3, 0.4) is 0 Å². The Bertz CT molecular complexity index is 789. The maximum atomic E-state index is 12.7. The minimum absolute atomic E-state index is 0.00557. The van der Waals surface area contributed by atoms with Crippen molar-refractivity contribution in [3.8, 4) is 0 Å². The number of rotatable bonds is 4. The number of ether oxygens (including phenoxy) is 1. The molecule has 2 fully saturated rings. The number of amides is 4.